The van der Waals surface area contributed by atoms with Gasteiger partial charge in [0.1, 0.15) is 11.6 Å². The summed E-state index contributed by atoms with van der Waals surface area (Å²) in [4.78, 5) is 24.1. The lowest BCUT2D eigenvalue weighted by Crippen LogP contribution is -2.42. The van der Waals surface area contributed by atoms with E-state index in [-0.39, 0.29) is 5.91 Å². The van der Waals surface area contributed by atoms with Crippen LogP contribution in [0.4, 0.5) is 0 Å². The van der Waals surface area contributed by atoms with Gasteiger partial charge in [0.05, 0.1) is 11.3 Å². The first kappa shape index (κ1) is 16.2. The molecule has 0 spiro atoms. The van der Waals surface area contributed by atoms with Gasteiger partial charge in [-0.25, -0.2) is 4.79 Å². The van der Waals surface area contributed by atoms with Crippen molar-refractivity contribution in [3.63, 3.8) is 0 Å². The van der Waals surface area contributed by atoms with Crippen LogP contribution in [-0.2, 0) is 16.6 Å². The molecule has 0 radical (unpaired) electrons. The molecule has 0 aliphatic heterocycles. The zero-order valence-corrected chi connectivity index (χ0v) is 13.2. The van der Waals surface area contributed by atoms with Crippen molar-refractivity contribution in [3.05, 3.63) is 17.0 Å². The van der Waals surface area contributed by atoms with Crippen molar-refractivity contribution >= 4 is 11.9 Å². The van der Waals surface area contributed by atoms with Gasteiger partial charge in [-0.1, -0.05) is 0 Å². The monoisotopic (exact) mass is 281 g/mol. The number of ether oxygens (including phenoxy) is 1. The van der Waals surface area contributed by atoms with Gasteiger partial charge in [0.15, 0.2) is 0 Å². The highest BCUT2D eigenvalue weighted by molar-refractivity contribution is 5.98. The number of aromatic nitrogens is 2. The number of aryl methyl sites for hydroxylation is 2. The van der Waals surface area contributed by atoms with Crippen LogP contribution >= 0.6 is 0 Å². The second-order valence-electron chi connectivity index (χ2n) is 5.90. The van der Waals surface area contributed by atoms with Gasteiger partial charge in [0, 0.05) is 12.7 Å². The Balaban J connectivity index is 2.78. The molecule has 0 fully saturated rings. The van der Waals surface area contributed by atoms with E-state index in [0.29, 0.717) is 11.3 Å². The van der Waals surface area contributed by atoms with Crippen molar-refractivity contribution in [1.82, 2.24) is 15.1 Å². The summed E-state index contributed by atoms with van der Waals surface area (Å²) in [6.07, 6.45) is 0. The van der Waals surface area contributed by atoms with Gasteiger partial charge in [-0.15, -0.1) is 0 Å². The third-order valence-electron chi connectivity index (χ3n) is 2.84. The molecule has 1 aromatic rings. The Bertz CT molecular complexity index is 527. The summed E-state index contributed by atoms with van der Waals surface area (Å²) in [5.41, 5.74) is 1.33. The lowest BCUT2D eigenvalue weighted by molar-refractivity contribution is -0.156. The maximum atomic E-state index is 12.2. The Morgan fingerprint density at radius 1 is 1.30 bits per heavy atom. The molecule has 0 unspecified atom stereocenters. The Morgan fingerprint density at radius 3 is 2.25 bits per heavy atom. The fraction of sp³-hybridized carbons (Fsp3) is 0.643. The highest BCUT2D eigenvalue weighted by atomic mass is 16.6. The van der Waals surface area contributed by atoms with Crippen LogP contribution in [0.15, 0.2) is 0 Å². The van der Waals surface area contributed by atoms with E-state index in [9.17, 15) is 9.59 Å². The molecule has 1 amide bonds. The maximum Gasteiger partial charge on any atom is 0.328 e. The first-order chi connectivity index (χ1) is 9.03. The van der Waals surface area contributed by atoms with E-state index in [0.717, 1.165) is 5.69 Å². The SMILES string of the molecule is Cc1nn(C)c(C)c1C(=O)N[C@H](C)C(=O)OC(C)(C)C. The predicted molar refractivity (Wildman–Crippen MR) is 75.5 cm³/mol. The molecule has 0 saturated heterocycles. The van der Waals surface area contributed by atoms with Crippen molar-refractivity contribution in [1.29, 1.82) is 0 Å². The fourth-order valence-electron chi connectivity index (χ4n) is 1.82. The summed E-state index contributed by atoms with van der Waals surface area (Å²) < 4.78 is 6.87. The number of carbonyl (C=O) groups excluding carboxylic acids is 2. The van der Waals surface area contributed by atoms with E-state index >= 15 is 0 Å². The molecule has 1 N–H and O–H groups in total. The number of hydrogen-bond acceptors (Lipinski definition) is 4. The van der Waals surface area contributed by atoms with Gasteiger partial charge in [-0.2, -0.15) is 5.10 Å². The largest absolute Gasteiger partial charge is 0.458 e. The van der Waals surface area contributed by atoms with Crippen LogP contribution in [0.25, 0.3) is 0 Å². The summed E-state index contributed by atoms with van der Waals surface area (Å²) in [6.45, 7) is 10.5. The van der Waals surface area contributed by atoms with Crippen LogP contribution in [0.5, 0.6) is 0 Å². The van der Waals surface area contributed by atoms with E-state index in [2.05, 4.69) is 10.4 Å². The van der Waals surface area contributed by atoms with Gasteiger partial charge in [0.25, 0.3) is 5.91 Å². The number of esters is 1. The molecule has 1 heterocycles. The van der Waals surface area contributed by atoms with Gasteiger partial charge < -0.3 is 10.1 Å². The standard InChI is InChI=1S/C14H23N3O3/c1-8-11(10(3)17(7)16-8)12(18)15-9(2)13(19)20-14(4,5)6/h9H,1-7H3,(H,15,18)/t9-/m1/s1. The number of amides is 1. The topological polar surface area (TPSA) is 73.2 Å². The van der Waals surface area contributed by atoms with Crippen molar-refractivity contribution in [2.45, 2.75) is 53.2 Å². The molecule has 0 aliphatic rings. The summed E-state index contributed by atoms with van der Waals surface area (Å²) in [5.74, 6) is -0.767. The molecular weight excluding hydrogens is 258 g/mol. The zero-order chi connectivity index (χ0) is 15.7. The first-order valence-corrected chi connectivity index (χ1v) is 6.57. The van der Waals surface area contributed by atoms with Crippen LogP contribution in [-0.4, -0.2) is 33.3 Å². The normalized spacial score (nSPS) is 12.9. The van der Waals surface area contributed by atoms with Crippen LogP contribution in [0, 0.1) is 13.8 Å². The zero-order valence-electron chi connectivity index (χ0n) is 13.2. The Labute approximate surface area is 119 Å². The van der Waals surface area contributed by atoms with Crippen molar-refractivity contribution in [2.75, 3.05) is 0 Å². The highest BCUT2D eigenvalue weighted by Crippen LogP contribution is 2.13. The average Bonchev–Trinajstić information content (AvgIpc) is 2.50. The second-order valence-corrected chi connectivity index (χ2v) is 5.90. The molecule has 112 valence electrons. The smallest absolute Gasteiger partial charge is 0.328 e. The molecule has 6 nitrogen and oxygen atoms in total. The number of nitrogens with zero attached hydrogens (tertiary/aromatic N) is 2. The maximum absolute atomic E-state index is 12.2. The van der Waals surface area contributed by atoms with Crippen molar-refractivity contribution in [2.24, 2.45) is 7.05 Å². The molecule has 6 heteroatoms. The minimum Gasteiger partial charge on any atom is -0.458 e. The number of carbonyl (C=O) groups is 2. The Morgan fingerprint density at radius 2 is 1.85 bits per heavy atom. The minimum atomic E-state index is -0.708. The summed E-state index contributed by atoms with van der Waals surface area (Å²) >= 11 is 0. The predicted octanol–water partition coefficient (Wildman–Crippen LogP) is 1.50. The lowest BCUT2D eigenvalue weighted by Gasteiger charge is -2.22. The van der Waals surface area contributed by atoms with Gasteiger partial charge in [0.2, 0.25) is 0 Å². The molecule has 0 saturated carbocycles. The number of hydrogen-bond donors (Lipinski definition) is 1. The van der Waals surface area contributed by atoms with Crippen LogP contribution < -0.4 is 5.32 Å². The molecule has 20 heavy (non-hydrogen) atoms. The van der Waals surface area contributed by atoms with E-state index in [1.54, 1.807) is 46.3 Å². The van der Waals surface area contributed by atoms with E-state index in [1.165, 1.54) is 0 Å². The van der Waals surface area contributed by atoms with Gasteiger partial charge in [-0.05, 0) is 41.5 Å². The molecule has 0 bridgehead atoms. The molecular formula is C14H23N3O3. The van der Waals surface area contributed by atoms with Gasteiger partial charge in [-0.3, -0.25) is 9.48 Å². The molecule has 0 aliphatic carbocycles. The Hall–Kier alpha value is -1.85. The molecule has 1 aromatic heterocycles. The van der Waals surface area contributed by atoms with E-state index < -0.39 is 17.6 Å². The fourth-order valence-corrected chi connectivity index (χ4v) is 1.82. The minimum absolute atomic E-state index is 0.313. The van der Waals surface area contributed by atoms with Crippen molar-refractivity contribution < 1.29 is 14.3 Å². The summed E-state index contributed by atoms with van der Waals surface area (Å²) in [6, 6.07) is -0.708. The van der Waals surface area contributed by atoms with Crippen LogP contribution in [0.1, 0.15) is 49.4 Å². The van der Waals surface area contributed by atoms with Crippen LogP contribution in [0.2, 0.25) is 0 Å². The van der Waals surface area contributed by atoms with E-state index in [4.69, 9.17) is 4.74 Å². The van der Waals surface area contributed by atoms with Crippen LogP contribution in [0.3, 0.4) is 0 Å². The first-order valence-electron chi connectivity index (χ1n) is 6.57. The highest BCUT2D eigenvalue weighted by Gasteiger charge is 2.25. The number of nitrogens with one attached hydrogen (secondary N) is 1. The average molecular weight is 281 g/mol. The van der Waals surface area contributed by atoms with Crippen molar-refractivity contribution in [3.8, 4) is 0 Å². The summed E-state index contributed by atoms with van der Waals surface area (Å²) in [5, 5.41) is 6.83. The summed E-state index contributed by atoms with van der Waals surface area (Å²) in [7, 11) is 1.77. The third kappa shape index (κ3) is 3.82. The second kappa shape index (κ2) is 5.64. The lowest BCUT2D eigenvalue weighted by atomic mass is 10.1. The Kier molecular flexibility index (Phi) is 4.57. The van der Waals surface area contributed by atoms with E-state index in [1.807, 2.05) is 6.92 Å². The quantitative estimate of drug-likeness (QED) is 0.852. The molecule has 0 aromatic carbocycles. The number of rotatable bonds is 3. The third-order valence-corrected chi connectivity index (χ3v) is 2.84. The molecule has 1 rings (SSSR count). The molecule has 1 atom stereocenters. The van der Waals surface area contributed by atoms with Gasteiger partial charge >= 0.3 is 5.97 Å².